The van der Waals surface area contributed by atoms with E-state index in [4.69, 9.17) is 0 Å². The molecule has 0 aliphatic carbocycles. The second-order valence-corrected chi connectivity index (χ2v) is 5.46. The molecule has 2 amide bonds. The summed E-state index contributed by atoms with van der Waals surface area (Å²) in [5.74, 6) is -0.732. The van der Waals surface area contributed by atoms with Crippen molar-refractivity contribution >= 4 is 12.0 Å². The highest BCUT2D eigenvalue weighted by molar-refractivity contribution is 5.82. The van der Waals surface area contributed by atoms with Crippen molar-refractivity contribution in [3.63, 3.8) is 0 Å². The molecule has 0 aliphatic heterocycles. The molecule has 1 aromatic carbocycles. The standard InChI is InChI=1S/C16H24N2O3/c1-4-13(11(2)3)17-16(21)18-14(15(19)20)10-12-8-6-5-7-9-12/h5-9,11,13-14H,4,10H2,1-3H3,(H,19,20)(H2,17,18,21). The zero-order valence-corrected chi connectivity index (χ0v) is 12.8. The molecule has 0 saturated carbocycles. The molecular formula is C16H24N2O3. The van der Waals surface area contributed by atoms with E-state index in [-0.39, 0.29) is 12.5 Å². The van der Waals surface area contributed by atoms with Crippen LogP contribution in [0.2, 0.25) is 0 Å². The van der Waals surface area contributed by atoms with Crippen LogP contribution in [0.1, 0.15) is 32.8 Å². The van der Waals surface area contributed by atoms with Gasteiger partial charge in [0.05, 0.1) is 0 Å². The van der Waals surface area contributed by atoms with E-state index in [1.807, 2.05) is 51.1 Å². The summed E-state index contributed by atoms with van der Waals surface area (Å²) < 4.78 is 0. The number of carboxylic acid groups (broad SMARTS) is 1. The SMILES string of the molecule is CCC(NC(=O)NC(Cc1ccccc1)C(=O)O)C(C)C. The van der Waals surface area contributed by atoms with Crippen molar-refractivity contribution < 1.29 is 14.7 Å². The highest BCUT2D eigenvalue weighted by Crippen LogP contribution is 2.06. The minimum Gasteiger partial charge on any atom is -0.480 e. The molecule has 0 heterocycles. The number of hydrogen-bond donors (Lipinski definition) is 3. The smallest absolute Gasteiger partial charge is 0.326 e. The van der Waals surface area contributed by atoms with Crippen molar-refractivity contribution in [2.75, 3.05) is 0 Å². The lowest BCUT2D eigenvalue weighted by atomic mass is 10.0. The van der Waals surface area contributed by atoms with Crippen LogP contribution < -0.4 is 10.6 Å². The number of hydrogen-bond acceptors (Lipinski definition) is 2. The normalized spacial score (nSPS) is 13.5. The molecule has 0 fully saturated rings. The fourth-order valence-corrected chi connectivity index (χ4v) is 2.16. The van der Waals surface area contributed by atoms with Crippen molar-refractivity contribution in [2.24, 2.45) is 5.92 Å². The Balaban J connectivity index is 2.62. The third-order valence-electron chi connectivity index (χ3n) is 3.45. The van der Waals surface area contributed by atoms with Gasteiger partial charge in [-0.3, -0.25) is 0 Å². The van der Waals surface area contributed by atoms with Crippen molar-refractivity contribution in [1.82, 2.24) is 10.6 Å². The van der Waals surface area contributed by atoms with Gasteiger partial charge in [0.1, 0.15) is 6.04 Å². The molecule has 0 saturated heterocycles. The van der Waals surface area contributed by atoms with Crippen LogP contribution in [0.25, 0.3) is 0 Å². The van der Waals surface area contributed by atoms with Gasteiger partial charge < -0.3 is 15.7 Å². The number of benzene rings is 1. The van der Waals surface area contributed by atoms with E-state index in [1.54, 1.807) is 0 Å². The summed E-state index contributed by atoms with van der Waals surface area (Å²) >= 11 is 0. The van der Waals surface area contributed by atoms with E-state index in [9.17, 15) is 14.7 Å². The number of carboxylic acids is 1. The Morgan fingerprint density at radius 1 is 1.14 bits per heavy atom. The molecule has 0 aromatic heterocycles. The van der Waals surface area contributed by atoms with Crippen LogP contribution in [0.5, 0.6) is 0 Å². The minimum atomic E-state index is -1.04. The van der Waals surface area contributed by atoms with Crippen molar-refractivity contribution in [2.45, 2.75) is 45.7 Å². The quantitative estimate of drug-likeness (QED) is 0.722. The summed E-state index contributed by atoms with van der Waals surface area (Å²) in [5.41, 5.74) is 0.876. The predicted octanol–water partition coefficient (Wildman–Crippen LogP) is 2.42. The van der Waals surface area contributed by atoms with Crippen LogP contribution in [0.4, 0.5) is 4.79 Å². The molecule has 0 bridgehead atoms. The van der Waals surface area contributed by atoms with Gasteiger partial charge in [0.2, 0.25) is 0 Å². The number of urea groups is 1. The van der Waals surface area contributed by atoms with Crippen molar-refractivity contribution in [3.05, 3.63) is 35.9 Å². The fourth-order valence-electron chi connectivity index (χ4n) is 2.16. The Labute approximate surface area is 125 Å². The lowest BCUT2D eigenvalue weighted by Gasteiger charge is -2.22. The van der Waals surface area contributed by atoms with E-state index in [1.165, 1.54) is 0 Å². The molecule has 2 unspecified atom stereocenters. The third-order valence-corrected chi connectivity index (χ3v) is 3.45. The van der Waals surface area contributed by atoms with Crippen LogP contribution in [0.3, 0.4) is 0 Å². The van der Waals surface area contributed by atoms with Crippen LogP contribution >= 0.6 is 0 Å². The maximum Gasteiger partial charge on any atom is 0.326 e. The van der Waals surface area contributed by atoms with Gasteiger partial charge in [-0.25, -0.2) is 9.59 Å². The van der Waals surface area contributed by atoms with Crippen LogP contribution in [-0.2, 0) is 11.2 Å². The first-order valence-corrected chi connectivity index (χ1v) is 7.27. The van der Waals surface area contributed by atoms with E-state index < -0.39 is 18.0 Å². The Morgan fingerprint density at radius 3 is 2.24 bits per heavy atom. The lowest BCUT2D eigenvalue weighted by molar-refractivity contribution is -0.139. The first-order chi connectivity index (χ1) is 9.93. The second-order valence-electron chi connectivity index (χ2n) is 5.46. The van der Waals surface area contributed by atoms with Gasteiger partial charge in [-0.2, -0.15) is 0 Å². The minimum absolute atomic E-state index is 0.0381. The number of carbonyl (C=O) groups is 2. The summed E-state index contributed by atoms with van der Waals surface area (Å²) in [6.07, 6.45) is 1.07. The highest BCUT2D eigenvalue weighted by Gasteiger charge is 2.22. The molecule has 3 N–H and O–H groups in total. The zero-order valence-electron chi connectivity index (χ0n) is 12.8. The van der Waals surface area contributed by atoms with Gasteiger partial charge >= 0.3 is 12.0 Å². The first-order valence-electron chi connectivity index (χ1n) is 7.27. The topological polar surface area (TPSA) is 78.4 Å². The summed E-state index contributed by atoms with van der Waals surface area (Å²) in [6.45, 7) is 6.03. The molecule has 5 nitrogen and oxygen atoms in total. The van der Waals surface area contributed by atoms with Gasteiger partial charge in [-0.1, -0.05) is 51.1 Å². The van der Waals surface area contributed by atoms with Gasteiger partial charge in [0.15, 0.2) is 0 Å². The lowest BCUT2D eigenvalue weighted by Crippen LogP contribution is -2.50. The average Bonchev–Trinajstić information content (AvgIpc) is 2.44. The number of nitrogens with one attached hydrogen (secondary N) is 2. The van der Waals surface area contributed by atoms with Gasteiger partial charge in [-0.05, 0) is 17.9 Å². The number of amides is 2. The van der Waals surface area contributed by atoms with E-state index in [2.05, 4.69) is 10.6 Å². The molecule has 116 valence electrons. The van der Waals surface area contributed by atoms with Crippen molar-refractivity contribution in [3.8, 4) is 0 Å². The monoisotopic (exact) mass is 292 g/mol. The van der Waals surface area contributed by atoms with Crippen LogP contribution in [-0.4, -0.2) is 29.2 Å². The maximum atomic E-state index is 11.9. The Kier molecular flexibility index (Phi) is 6.72. The second kappa shape index (κ2) is 8.29. The predicted molar refractivity (Wildman–Crippen MR) is 82.2 cm³/mol. The molecule has 0 spiro atoms. The Bertz CT molecular complexity index is 460. The summed E-state index contributed by atoms with van der Waals surface area (Å²) in [5, 5.41) is 14.6. The highest BCUT2D eigenvalue weighted by atomic mass is 16.4. The molecular weight excluding hydrogens is 268 g/mol. The molecule has 1 aromatic rings. The maximum absolute atomic E-state index is 11.9. The molecule has 5 heteroatoms. The molecule has 21 heavy (non-hydrogen) atoms. The Hall–Kier alpha value is -2.04. The molecule has 0 radical (unpaired) electrons. The largest absolute Gasteiger partial charge is 0.480 e. The van der Waals surface area contributed by atoms with Gasteiger partial charge in [0, 0.05) is 12.5 Å². The van der Waals surface area contributed by atoms with E-state index in [0.29, 0.717) is 5.92 Å². The van der Waals surface area contributed by atoms with Crippen molar-refractivity contribution in [1.29, 1.82) is 0 Å². The van der Waals surface area contributed by atoms with Gasteiger partial charge in [-0.15, -0.1) is 0 Å². The first kappa shape index (κ1) is 17.0. The fraction of sp³-hybridized carbons (Fsp3) is 0.500. The van der Waals surface area contributed by atoms with Gasteiger partial charge in [0.25, 0.3) is 0 Å². The molecule has 2 atom stereocenters. The van der Waals surface area contributed by atoms with E-state index >= 15 is 0 Å². The number of aliphatic carboxylic acids is 1. The molecule has 1 rings (SSSR count). The summed E-state index contributed by atoms with van der Waals surface area (Å²) in [4.78, 5) is 23.2. The average molecular weight is 292 g/mol. The van der Waals surface area contributed by atoms with E-state index in [0.717, 1.165) is 12.0 Å². The Morgan fingerprint density at radius 2 is 1.76 bits per heavy atom. The number of carbonyl (C=O) groups excluding carboxylic acids is 1. The zero-order chi connectivity index (χ0) is 15.8. The molecule has 0 aliphatic rings. The summed E-state index contributed by atoms with van der Waals surface area (Å²) in [6, 6.07) is 7.93. The van der Waals surface area contributed by atoms with Crippen LogP contribution in [0.15, 0.2) is 30.3 Å². The van der Waals surface area contributed by atoms with Crippen LogP contribution in [0, 0.1) is 5.92 Å². The third kappa shape index (κ3) is 5.85. The number of rotatable bonds is 7. The summed E-state index contributed by atoms with van der Waals surface area (Å²) in [7, 11) is 0.